The summed E-state index contributed by atoms with van der Waals surface area (Å²) in [6, 6.07) is 0. The number of hydrogen-bond acceptors (Lipinski definition) is 3. The second-order valence-electron chi connectivity index (χ2n) is 0.991. The summed E-state index contributed by atoms with van der Waals surface area (Å²) in [5.41, 5.74) is 0. The summed E-state index contributed by atoms with van der Waals surface area (Å²) in [4.78, 5) is 9.71. The lowest BCUT2D eigenvalue weighted by Crippen LogP contribution is -1.93. The molecule has 0 fully saturated rings. The average molecular weight is 133 g/mol. The molecule has 0 aromatic rings. The van der Waals surface area contributed by atoms with E-state index in [1.807, 2.05) is 6.92 Å². The van der Waals surface area contributed by atoms with Crippen molar-refractivity contribution >= 4 is 24.1 Å². The van der Waals surface area contributed by atoms with E-state index in [0.717, 1.165) is 12.0 Å². The molecule has 0 rings (SSSR count). The fraction of sp³-hybridized carbons (Fsp3) is 0.500. The van der Waals surface area contributed by atoms with Crippen molar-refractivity contribution < 1.29 is 9.90 Å². The van der Waals surface area contributed by atoms with Crippen LogP contribution >= 0.6 is 11.9 Å². The predicted molar refractivity (Wildman–Crippen MR) is 34.3 cm³/mol. The highest BCUT2D eigenvalue weighted by Crippen LogP contribution is 1.96. The van der Waals surface area contributed by atoms with E-state index in [1.165, 1.54) is 11.9 Å². The molecule has 46 valence electrons. The van der Waals surface area contributed by atoms with Gasteiger partial charge in [0.15, 0.2) is 0 Å². The van der Waals surface area contributed by atoms with E-state index < -0.39 is 5.97 Å². The molecular formula is C4H7NO2S. The number of rotatable bonds is 3. The minimum atomic E-state index is -0.994. The Balaban J connectivity index is 3.20. The van der Waals surface area contributed by atoms with Crippen molar-refractivity contribution in [2.75, 3.05) is 5.75 Å². The summed E-state index contributed by atoms with van der Waals surface area (Å²) in [6.45, 7) is 1.91. The van der Waals surface area contributed by atoms with Gasteiger partial charge in [-0.1, -0.05) is 6.92 Å². The van der Waals surface area contributed by atoms with Crippen LogP contribution in [0.1, 0.15) is 6.92 Å². The molecule has 0 spiro atoms. The van der Waals surface area contributed by atoms with Crippen LogP contribution in [0.15, 0.2) is 4.40 Å². The molecule has 0 amide bonds. The molecule has 4 heteroatoms. The summed E-state index contributed by atoms with van der Waals surface area (Å²) >= 11 is 1.23. The van der Waals surface area contributed by atoms with Gasteiger partial charge in [0, 0.05) is 5.75 Å². The van der Waals surface area contributed by atoms with Gasteiger partial charge >= 0.3 is 5.97 Å². The molecule has 0 aliphatic heterocycles. The lowest BCUT2D eigenvalue weighted by atomic mass is 10.8. The Morgan fingerprint density at radius 3 is 3.00 bits per heavy atom. The molecule has 0 heterocycles. The van der Waals surface area contributed by atoms with E-state index in [-0.39, 0.29) is 0 Å². The summed E-state index contributed by atoms with van der Waals surface area (Å²) in [7, 11) is 0. The maximum atomic E-state index is 9.71. The Labute approximate surface area is 51.9 Å². The highest BCUT2D eigenvalue weighted by Gasteiger charge is 1.83. The van der Waals surface area contributed by atoms with Gasteiger partial charge < -0.3 is 5.11 Å². The van der Waals surface area contributed by atoms with Crippen LogP contribution in [0.2, 0.25) is 0 Å². The van der Waals surface area contributed by atoms with Crippen LogP contribution < -0.4 is 0 Å². The van der Waals surface area contributed by atoms with Crippen molar-refractivity contribution in [2.24, 2.45) is 4.40 Å². The lowest BCUT2D eigenvalue weighted by Gasteiger charge is -1.79. The fourth-order valence-electron chi connectivity index (χ4n) is 0.157. The van der Waals surface area contributed by atoms with Crippen molar-refractivity contribution in [1.82, 2.24) is 0 Å². The molecule has 0 radical (unpaired) electrons. The number of carbonyl (C=O) groups is 1. The van der Waals surface area contributed by atoms with E-state index in [9.17, 15) is 4.79 Å². The Morgan fingerprint density at radius 2 is 2.62 bits per heavy atom. The maximum absolute atomic E-state index is 9.71. The van der Waals surface area contributed by atoms with Crippen LogP contribution in [0.25, 0.3) is 0 Å². The first kappa shape index (κ1) is 7.49. The molecule has 0 aliphatic rings. The van der Waals surface area contributed by atoms with Crippen molar-refractivity contribution in [3.63, 3.8) is 0 Å². The highest BCUT2D eigenvalue weighted by atomic mass is 32.2. The zero-order chi connectivity index (χ0) is 6.41. The summed E-state index contributed by atoms with van der Waals surface area (Å²) in [5.74, 6) is -0.185. The minimum absolute atomic E-state index is 0.809. The van der Waals surface area contributed by atoms with Crippen LogP contribution in [0.3, 0.4) is 0 Å². The van der Waals surface area contributed by atoms with Gasteiger partial charge in [0.05, 0.1) is 0 Å². The van der Waals surface area contributed by atoms with E-state index in [1.54, 1.807) is 0 Å². The van der Waals surface area contributed by atoms with Gasteiger partial charge in [-0.3, -0.25) is 0 Å². The van der Waals surface area contributed by atoms with Gasteiger partial charge in [-0.25, -0.2) is 9.19 Å². The molecule has 0 unspecified atom stereocenters. The largest absolute Gasteiger partial charge is 0.477 e. The summed E-state index contributed by atoms with van der Waals surface area (Å²) < 4.78 is 3.48. The minimum Gasteiger partial charge on any atom is -0.477 e. The number of hydrogen-bond donors (Lipinski definition) is 1. The number of carboxylic acids is 1. The first-order valence-electron chi connectivity index (χ1n) is 2.15. The van der Waals surface area contributed by atoms with Gasteiger partial charge in [-0.05, 0) is 11.9 Å². The second-order valence-corrected chi connectivity index (χ2v) is 2.04. The Morgan fingerprint density at radius 1 is 2.00 bits per heavy atom. The second kappa shape index (κ2) is 4.64. The van der Waals surface area contributed by atoms with E-state index in [2.05, 4.69) is 4.40 Å². The molecule has 0 atom stereocenters. The van der Waals surface area contributed by atoms with Crippen LogP contribution in [-0.2, 0) is 4.79 Å². The normalized spacial score (nSPS) is 10.1. The molecule has 1 N–H and O–H groups in total. The third kappa shape index (κ3) is 5.49. The molecular weight excluding hydrogens is 126 g/mol. The molecule has 8 heavy (non-hydrogen) atoms. The van der Waals surface area contributed by atoms with Crippen LogP contribution in [0.4, 0.5) is 0 Å². The quantitative estimate of drug-likeness (QED) is 0.458. The molecule has 0 saturated carbocycles. The molecule has 0 saturated heterocycles. The third-order valence-electron chi connectivity index (χ3n) is 0.367. The molecule has 3 nitrogen and oxygen atoms in total. The Hall–Kier alpha value is -0.510. The molecule has 0 aliphatic carbocycles. The smallest absolute Gasteiger partial charge is 0.347 e. The van der Waals surface area contributed by atoms with Crippen molar-refractivity contribution in [1.29, 1.82) is 0 Å². The van der Waals surface area contributed by atoms with Crippen LogP contribution in [-0.4, -0.2) is 23.0 Å². The van der Waals surface area contributed by atoms with E-state index >= 15 is 0 Å². The lowest BCUT2D eigenvalue weighted by molar-refractivity contribution is -0.128. The standard InChI is InChI=1S/C4H7NO2S/c1-2-8-5-3-4(6)7/h3H,2H2,1H3,(H,6,7)/b5-3-. The predicted octanol–water partition coefficient (Wildman–Crippen LogP) is 0.810. The molecule has 0 aromatic carbocycles. The highest BCUT2D eigenvalue weighted by molar-refractivity contribution is 7.98. The van der Waals surface area contributed by atoms with Gasteiger partial charge in [-0.2, -0.15) is 0 Å². The van der Waals surface area contributed by atoms with Crippen LogP contribution in [0, 0.1) is 0 Å². The third-order valence-corrected chi connectivity index (χ3v) is 0.879. The van der Waals surface area contributed by atoms with Gasteiger partial charge in [-0.15, -0.1) is 0 Å². The molecule has 0 bridgehead atoms. The zero-order valence-corrected chi connectivity index (χ0v) is 5.31. The van der Waals surface area contributed by atoms with Crippen molar-refractivity contribution in [2.45, 2.75) is 6.92 Å². The summed E-state index contributed by atoms with van der Waals surface area (Å²) in [6.07, 6.45) is 0.883. The summed E-state index contributed by atoms with van der Waals surface area (Å²) in [5, 5.41) is 7.98. The van der Waals surface area contributed by atoms with Crippen molar-refractivity contribution in [3.8, 4) is 0 Å². The van der Waals surface area contributed by atoms with Crippen LogP contribution in [0.5, 0.6) is 0 Å². The fourth-order valence-corrected chi connectivity index (χ4v) is 0.471. The Kier molecular flexibility index (Phi) is 4.35. The zero-order valence-electron chi connectivity index (χ0n) is 4.50. The SMILES string of the molecule is CCS/N=C\C(=O)O. The van der Waals surface area contributed by atoms with E-state index in [4.69, 9.17) is 5.11 Å². The van der Waals surface area contributed by atoms with Gasteiger partial charge in [0.2, 0.25) is 0 Å². The number of nitrogens with zero attached hydrogens (tertiary/aromatic N) is 1. The van der Waals surface area contributed by atoms with Gasteiger partial charge in [0.25, 0.3) is 0 Å². The average Bonchev–Trinajstić information content (AvgIpc) is 1.66. The number of aliphatic carboxylic acids is 1. The first-order valence-corrected chi connectivity index (χ1v) is 3.10. The molecule has 0 aromatic heterocycles. The number of carboxylic acid groups (broad SMARTS) is 1. The van der Waals surface area contributed by atoms with Crippen molar-refractivity contribution in [3.05, 3.63) is 0 Å². The van der Waals surface area contributed by atoms with E-state index in [0.29, 0.717) is 0 Å². The maximum Gasteiger partial charge on any atom is 0.347 e. The monoisotopic (exact) mass is 133 g/mol. The first-order chi connectivity index (χ1) is 3.77. The van der Waals surface area contributed by atoms with Gasteiger partial charge in [0.1, 0.15) is 6.21 Å². The Bertz CT molecular complexity index is 102. The topological polar surface area (TPSA) is 49.7 Å².